The standard InChI is InChI=1S/C20H29F3N4O/c1-3-4-6-16(24-2)19(28)25-15-10-9-13-11-27(12-14(13)15)18-8-5-7-17(26-18)20(21,22)23/h5,7-8,13-16,24H,3-4,6,9-12H2,1-2H3,(H,25,28)/t13-,14+,15+,16+/m1/s1. The van der Waals surface area contributed by atoms with Gasteiger partial charge in [0, 0.05) is 25.0 Å². The number of nitrogens with one attached hydrogen (secondary N) is 2. The first-order valence-corrected chi connectivity index (χ1v) is 10.1. The van der Waals surface area contributed by atoms with Crippen molar-refractivity contribution in [3.8, 4) is 0 Å². The van der Waals surface area contributed by atoms with E-state index in [-0.39, 0.29) is 23.9 Å². The van der Waals surface area contributed by atoms with E-state index in [0.29, 0.717) is 24.8 Å². The maximum absolute atomic E-state index is 13.0. The number of carbonyl (C=O) groups excluding carboxylic acids is 1. The lowest BCUT2D eigenvalue weighted by Crippen LogP contribution is -2.48. The molecular formula is C20H29F3N4O. The summed E-state index contributed by atoms with van der Waals surface area (Å²) in [7, 11) is 1.80. The van der Waals surface area contributed by atoms with Gasteiger partial charge in [-0.05, 0) is 44.4 Å². The summed E-state index contributed by atoms with van der Waals surface area (Å²) in [5, 5.41) is 6.28. The number of fused-ring (bicyclic) bond motifs is 1. The van der Waals surface area contributed by atoms with Crippen LogP contribution in [0.5, 0.6) is 0 Å². The maximum Gasteiger partial charge on any atom is 0.433 e. The van der Waals surface area contributed by atoms with Crippen molar-refractivity contribution in [3.63, 3.8) is 0 Å². The molecule has 1 saturated heterocycles. The normalized spacial score (nSPS) is 25.6. The van der Waals surface area contributed by atoms with Gasteiger partial charge in [-0.15, -0.1) is 0 Å². The van der Waals surface area contributed by atoms with E-state index in [1.54, 1.807) is 13.1 Å². The van der Waals surface area contributed by atoms with Crippen LogP contribution in [-0.2, 0) is 11.0 Å². The molecule has 1 saturated carbocycles. The Labute approximate surface area is 164 Å². The first kappa shape index (κ1) is 20.9. The molecule has 2 N–H and O–H groups in total. The minimum absolute atomic E-state index is 0.0252. The zero-order valence-electron chi connectivity index (χ0n) is 16.4. The van der Waals surface area contributed by atoms with Crippen LogP contribution in [0, 0.1) is 11.8 Å². The van der Waals surface area contributed by atoms with Crippen LogP contribution >= 0.6 is 0 Å². The zero-order valence-corrected chi connectivity index (χ0v) is 16.4. The minimum atomic E-state index is -4.44. The number of anilines is 1. The Balaban J connectivity index is 1.63. The van der Waals surface area contributed by atoms with Crippen LogP contribution in [0.3, 0.4) is 0 Å². The predicted octanol–water partition coefficient (Wildman–Crippen LogP) is 3.21. The molecule has 2 aliphatic rings. The smallest absolute Gasteiger partial charge is 0.356 e. The van der Waals surface area contributed by atoms with Gasteiger partial charge in [-0.25, -0.2) is 4.98 Å². The number of hydrogen-bond acceptors (Lipinski definition) is 4. The number of alkyl halides is 3. The number of likely N-dealkylation sites (N-methyl/N-ethyl adjacent to an activating group) is 1. The molecule has 0 aromatic carbocycles. The average molecular weight is 398 g/mol. The Morgan fingerprint density at radius 3 is 2.79 bits per heavy atom. The third kappa shape index (κ3) is 4.59. The summed E-state index contributed by atoms with van der Waals surface area (Å²) >= 11 is 0. The largest absolute Gasteiger partial charge is 0.433 e. The van der Waals surface area contributed by atoms with Gasteiger partial charge >= 0.3 is 6.18 Å². The molecule has 1 aromatic rings. The Bertz CT molecular complexity index is 682. The second-order valence-electron chi connectivity index (χ2n) is 7.88. The summed E-state index contributed by atoms with van der Waals surface area (Å²) in [6.07, 6.45) is 0.297. The van der Waals surface area contributed by atoms with Gasteiger partial charge in [0.2, 0.25) is 5.91 Å². The third-order valence-corrected chi connectivity index (χ3v) is 6.04. The predicted molar refractivity (Wildman–Crippen MR) is 102 cm³/mol. The van der Waals surface area contributed by atoms with Gasteiger partial charge in [0.25, 0.3) is 0 Å². The second-order valence-corrected chi connectivity index (χ2v) is 7.88. The average Bonchev–Trinajstić information content (AvgIpc) is 3.24. The summed E-state index contributed by atoms with van der Waals surface area (Å²) in [6.45, 7) is 3.42. The quantitative estimate of drug-likeness (QED) is 0.741. The van der Waals surface area contributed by atoms with Crippen molar-refractivity contribution in [2.45, 2.75) is 57.3 Å². The molecule has 8 heteroatoms. The van der Waals surface area contributed by atoms with Crippen molar-refractivity contribution in [1.29, 1.82) is 0 Å². The van der Waals surface area contributed by atoms with Gasteiger partial charge < -0.3 is 15.5 Å². The van der Waals surface area contributed by atoms with E-state index in [9.17, 15) is 18.0 Å². The van der Waals surface area contributed by atoms with Crippen LogP contribution in [0.2, 0.25) is 0 Å². The van der Waals surface area contributed by atoms with Crippen molar-refractivity contribution in [2.24, 2.45) is 11.8 Å². The van der Waals surface area contributed by atoms with E-state index in [1.807, 2.05) is 4.90 Å². The fraction of sp³-hybridized carbons (Fsp3) is 0.700. The molecule has 0 unspecified atom stereocenters. The first-order chi connectivity index (χ1) is 13.3. The molecule has 28 heavy (non-hydrogen) atoms. The molecule has 1 aliphatic heterocycles. The lowest BCUT2D eigenvalue weighted by Gasteiger charge is -2.25. The summed E-state index contributed by atoms with van der Waals surface area (Å²) in [6, 6.07) is 3.92. The summed E-state index contributed by atoms with van der Waals surface area (Å²) in [5.41, 5.74) is -0.861. The SMILES string of the molecule is CCCC[C@H](NC)C(=O)N[C@H]1CC[C@@H]2CN(c3cccc(C(F)(F)F)n3)C[C@@H]21. The minimum Gasteiger partial charge on any atom is -0.356 e. The number of halogens is 3. The van der Waals surface area contributed by atoms with Crippen molar-refractivity contribution in [2.75, 3.05) is 25.0 Å². The number of nitrogens with zero attached hydrogens (tertiary/aromatic N) is 2. The van der Waals surface area contributed by atoms with E-state index in [1.165, 1.54) is 6.07 Å². The van der Waals surface area contributed by atoms with Crippen LogP contribution in [-0.4, -0.2) is 43.1 Å². The van der Waals surface area contributed by atoms with E-state index in [0.717, 1.165) is 38.2 Å². The van der Waals surface area contributed by atoms with Gasteiger partial charge in [0.05, 0.1) is 6.04 Å². The molecule has 156 valence electrons. The number of rotatable bonds is 7. The van der Waals surface area contributed by atoms with Gasteiger partial charge in [0.15, 0.2) is 0 Å². The van der Waals surface area contributed by atoms with E-state index < -0.39 is 11.9 Å². The number of carbonyl (C=O) groups is 1. The van der Waals surface area contributed by atoms with Crippen molar-refractivity contribution < 1.29 is 18.0 Å². The highest BCUT2D eigenvalue weighted by molar-refractivity contribution is 5.82. The summed E-state index contributed by atoms with van der Waals surface area (Å²) < 4.78 is 38.9. The lowest BCUT2D eigenvalue weighted by atomic mass is 9.97. The van der Waals surface area contributed by atoms with Crippen LogP contribution < -0.4 is 15.5 Å². The molecule has 0 radical (unpaired) electrons. The number of hydrogen-bond donors (Lipinski definition) is 2. The first-order valence-electron chi connectivity index (χ1n) is 10.1. The number of unbranched alkanes of at least 4 members (excludes halogenated alkanes) is 1. The van der Waals surface area contributed by atoms with Crippen molar-refractivity contribution >= 4 is 11.7 Å². The van der Waals surface area contributed by atoms with E-state index in [4.69, 9.17) is 0 Å². The van der Waals surface area contributed by atoms with Crippen molar-refractivity contribution in [1.82, 2.24) is 15.6 Å². The highest BCUT2D eigenvalue weighted by Crippen LogP contribution is 2.40. The Morgan fingerprint density at radius 1 is 1.32 bits per heavy atom. The Kier molecular flexibility index (Phi) is 6.47. The van der Waals surface area contributed by atoms with Crippen LogP contribution in [0.4, 0.5) is 19.0 Å². The van der Waals surface area contributed by atoms with Crippen LogP contribution in [0.1, 0.15) is 44.7 Å². The number of amides is 1. The molecule has 4 atom stereocenters. The monoisotopic (exact) mass is 398 g/mol. The molecule has 2 fully saturated rings. The van der Waals surface area contributed by atoms with Crippen LogP contribution in [0.25, 0.3) is 0 Å². The summed E-state index contributed by atoms with van der Waals surface area (Å²) in [5.74, 6) is 1.02. The number of pyridine rings is 1. The zero-order chi connectivity index (χ0) is 20.3. The van der Waals surface area contributed by atoms with Crippen molar-refractivity contribution in [3.05, 3.63) is 23.9 Å². The molecule has 0 bridgehead atoms. The molecule has 0 spiro atoms. The molecule has 1 aliphatic carbocycles. The summed E-state index contributed by atoms with van der Waals surface area (Å²) in [4.78, 5) is 18.4. The van der Waals surface area contributed by atoms with Gasteiger partial charge in [-0.3, -0.25) is 4.79 Å². The fourth-order valence-electron chi connectivity index (χ4n) is 4.49. The van der Waals surface area contributed by atoms with E-state index in [2.05, 4.69) is 22.5 Å². The van der Waals surface area contributed by atoms with Gasteiger partial charge in [0.1, 0.15) is 11.5 Å². The van der Waals surface area contributed by atoms with E-state index >= 15 is 0 Å². The Morgan fingerprint density at radius 2 is 2.11 bits per heavy atom. The molecule has 5 nitrogen and oxygen atoms in total. The third-order valence-electron chi connectivity index (χ3n) is 6.04. The van der Waals surface area contributed by atoms with Gasteiger partial charge in [-0.2, -0.15) is 13.2 Å². The van der Waals surface area contributed by atoms with Gasteiger partial charge in [-0.1, -0.05) is 25.8 Å². The molecule has 1 amide bonds. The number of aromatic nitrogens is 1. The lowest BCUT2D eigenvalue weighted by molar-refractivity contribution is -0.141. The topological polar surface area (TPSA) is 57.3 Å². The fourth-order valence-corrected chi connectivity index (χ4v) is 4.49. The highest BCUT2D eigenvalue weighted by Gasteiger charge is 2.44. The molecule has 2 heterocycles. The highest BCUT2D eigenvalue weighted by atomic mass is 19.4. The molecular weight excluding hydrogens is 369 g/mol. The Hall–Kier alpha value is -1.83. The molecule has 3 rings (SSSR count). The maximum atomic E-state index is 13.0. The molecule has 1 aromatic heterocycles. The van der Waals surface area contributed by atoms with Crippen LogP contribution in [0.15, 0.2) is 18.2 Å². The second kappa shape index (κ2) is 8.68.